The first-order chi connectivity index (χ1) is 32.7. The Morgan fingerprint density at radius 3 is 0.939 bits per heavy atom. The summed E-state index contributed by atoms with van der Waals surface area (Å²) in [7, 11) is 0. The lowest BCUT2D eigenvalue weighted by Crippen LogP contribution is -2.06. The van der Waals surface area contributed by atoms with Crippen LogP contribution in [-0.4, -0.2) is 9.13 Å². The Bertz CT molecular complexity index is 3480. The Kier molecular flexibility index (Phi) is 9.23. The van der Waals surface area contributed by atoms with Crippen molar-refractivity contribution in [2.75, 3.05) is 0 Å². The number of hydrogen-bond donors (Lipinski definition) is 0. The van der Waals surface area contributed by atoms with Crippen LogP contribution in [0.15, 0.2) is 231 Å². The molecule has 0 unspecified atom stereocenters. The van der Waals surface area contributed by atoms with E-state index in [4.69, 9.17) is 6.57 Å². The van der Waals surface area contributed by atoms with Gasteiger partial charge in [0.15, 0.2) is 0 Å². The number of nitriles is 1. The van der Waals surface area contributed by atoms with Gasteiger partial charge >= 0.3 is 0 Å². The number of fused-ring (bicyclic) bond motifs is 6. The van der Waals surface area contributed by atoms with Gasteiger partial charge in [0.05, 0.1) is 45.6 Å². The zero-order valence-electron chi connectivity index (χ0n) is 35.7. The molecule has 0 radical (unpaired) electrons. The van der Waals surface area contributed by atoms with E-state index < -0.39 is 0 Å². The number of rotatable bonds is 7. The third-order valence-corrected chi connectivity index (χ3v) is 13.0. The Balaban J connectivity index is 1.22. The number of nitrogens with zero attached hydrogens (tertiary/aromatic N) is 4. The van der Waals surface area contributed by atoms with Gasteiger partial charge in [0.2, 0.25) is 5.69 Å². The van der Waals surface area contributed by atoms with Crippen LogP contribution in [0.4, 0.5) is 5.69 Å². The van der Waals surface area contributed by atoms with E-state index in [0.29, 0.717) is 11.3 Å². The summed E-state index contributed by atoms with van der Waals surface area (Å²) in [5.41, 5.74) is 16.8. The summed E-state index contributed by atoms with van der Waals surface area (Å²) >= 11 is 0. The van der Waals surface area contributed by atoms with Crippen LogP contribution in [0.25, 0.3) is 115 Å². The van der Waals surface area contributed by atoms with Crippen LogP contribution in [-0.2, 0) is 0 Å². The second-order valence-electron chi connectivity index (χ2n) is 16.7. The maximum Gasteiger partial charge on any atom is 0.212 e. The van der Waals surface area contributed by atoms with Gasteiger partial charge in [0, 0.05) is 27.1 Å². The van der Waals surface area contributed by atoms with Crippen molar-refractivity contribution in [1.29, 1.82) is 5.26 Å². The van der Waals surface area contributed by atoms with Gasteiger partial charge in [-0.1, -0.05) is 176 Å². The van der Waals surface area contributed by atoms with Crippen LogP contribution in [0.3, 0.4) is 0 Å². The van der Waals surface area contributed by atoms with Gasteiger partial charge in [-0.3, -0.25) is 0 Å². The van der Waals surface area contributed by atoms with Crippen LogP contribution in [0, 0.1) is 17.9 Å². The fourth-order valence-corrected chi connectivity index (χ4v) is 9.92. The lowest BCUT2D eigenvalue weighted by atomic mass is 9.95. The first kappa shape index (κ1) is 38.5. The van der Waals surface area contributed by atoms with Gasteiger partial charge in [-0.15, -0.1) is 0 Å². The first-order valence-corrected chi connectivity index (χ1v) is 22.1. The fraction of sp³-hybridized carbons (Fsp3) is 0. The molecule has 0 spiro atoms. The normalized spacial score (nSPS) is 11.3. The monoisotopic (exact) mass is 838 g/mol. The minimum absolute atomic E-state index is 0.394. The topological polar surface area (TPSA) is 38.0 Å². The van der Waals surface area contributed by atoms with Crippen molar-refractivity contribution in [3.05, 3.63) is 248 Å². The molecule has 0 fully saturated rings. The van der Waals surface area contributed by atoms with E-state index in [0.717, 1.165) is 111 Å². The van der Waals surface area contributed by atoms with Gasteiger partial charge in [-0.2, -0.15) is 5.26 Å². The highest BCUT2D eigenvalue weighted by Crippen LogP contribution is 2.48. The second-order valence-corrected chi connectivity index (χ2v) is 16.7. The van der Waals surface area contributed by atoms with E-state index >= 15 is 0 Å². The van der Waals surface area contributed by atoms with Crippen molar-refractivity contribution < 1.29 is 0 Å². The number of benzene rings is 10. The standard InChI is InChI=1S/C62H38N4/c1-64-55-39-50(40-63)61(65-56-31-27-46(41-17-7-2-8-18-41)35-51(56)52-36-47(28-32-57(52)65)42-19-9-3-10-20-42)60(45-25-15-6-16-26-45)62(55)66-58-33-29-48(43-21-11-4-12-22-43)37-53(58)54-38-49(30-34-59(54)66)44-23-13-5-14-24-44/h2-39H. The van der Waals surface area contributed by atoms with Crippen LogP contribution in [0.1, 0.15) is 5.56 Å². The molecular formula is C62H38N4. The minimum atomic E-state index is 0.394. The Morgan fingerprint density at radius 1 is 0.333 bits per heavy atom. The Hall–Kier alpha value is -9.22. The molecule has 0 aliphatic rings. The third-order valence-electron chi connectivity index (χ3n) is 13.0. The summed E-state index contributed by atoms with van der Waals surface area (Å²) in [6, 6.07) is 83.2. The lowest BCUT2D eigenvalue weighted by molar-refractivity contribution is 1.13. The number of aromatic nitrogens is 2. The van der Waals surface area contributed by atoms with Crippen molar-refractivity contribution in [3.63, 3.8) is 0 Å². The molecule has 4 heteroatoms. The predicted molar refractivity (Wildman–Crippen MR) is 273 cm³/mol. The maximum absolute atomic E-state index is 11.3. The molecule has 0 aliphatic carbocycles. The Morgan fingerprint density at radius 2 is 0.636 bits per heavy atom. The zero-order valence-corrected chi connectivity index (χ0v) is 35.7. The smallest absolute Gasteiger partial charge is 0.212 e. The molecule has 12 rings (SSSR count). The van der Waals surface area contributed by atoms with E-state index in [2.05, 4.69) is 202 Å². The van der Waals surface area contributed by atoms with Crippen LogP contribution >= 0.6 is 0 Å². The quantitative estimate of drug-likeness (QED) is 0.147. The van der Waals surface area contributed by atoms with Crippen molar-refractivity contribution in [2.45, 2.75) is 0 Å². The van der Waals surface area contributed by atoms with Crippen molar-refractivity contribution in [3.8, 4) is 73.1 Å². The maximum atomic E-state index is 11.3. The second kappa shape index (κ2) is 15.8. The molecule has 0 saturated heterocycles. The van der Waals surface area contributed by atoms with Gasteiger partial charge in [-0.25, -0.2) is 4.85 Å². The molecule has 306 valence electrons. The molecule has 0 bridgehead atoms. The highest BCUT2D eigenvalue weighted by Gasteiger charge is 2.28. The molecule has 0 amide bonds. The zero-order chi connectivity index (χ0) is 44.1. The fourth-order valence-electron chi connectivity index (χ4n) is 9.92. The molecule has 2 heterocycles. The van der Waals surface area contributed by atoms with Crippen LogP contribution in [0.5, 0.6) is 0 Å². The van der Waals surface area contributed by atoms with E-state index in [1.54, 1.807) is 6.07 Å². The molecule has 66 heavy (non-hydrogen) atoms. The molecule has 0 N–H and O–H groups in total. The van der Waals surface area contributed by atoms with Gasteiger partial charge < -0.3 is 9.13 Å². The molecule has 4 nitrogen and oxygen atoms in total. The summed E-state index contributed by atoms with van der Waals surface area (Å²) in [6.07, 6.45) is 0. The summed E-state index contributed by atoms with van der Waals surface area (Å²) in [5, 5.41) is 15.6. The lowest BCUT2D eigenvalue weighted by Gasteiger charge is -2.23. The summed E-state index contributed by atoms with van der Waals surface area (Å²) in [4.78, 5) is 4.27. The average Bonchev–Trinajstić information content (AvgIpc) is 3.90. The number of hydrogen-bond acceptors (Lipinski definition) is 1. The molecule has 0 aliphatic heterocycles. The highest BCUT2D eigenvalue weighted by molar-refractivity contribution is 6.15. The van der Waals surface area contributed by atoms with Crippen LogP contribution in [0.2, 0.25) is 0 Å². The van der Waals surface area contributed by atoms with Gasteiger partial charge in [-0.05, 0) is 105 Å². The van der Waals surface area contributed by atoms with E-state index in [1.165, 1.54) is 0 Å². The van der Waals surface area contributed by atoms with E-state index in [1.807, 2.05) is 42.5 Å². The average molecular weight is 839 g/mol. The summed E-state index contributed by atoms with van der Waals surface area (Å²) in [5.74, 6) is 0. The van der Waals surface area contributed by atoms with Gasteiger partial charge in [0.25, 0.3) is 0 Å². The van der Waals surface area contributed by atoms with Crippen molar-refractivity contribution in [2.24, 2.45) is 0 Å². The third kappa shape index (κ3) is 6.28. The largest absolute Gasteiger partial charge is 0.318 e. The molecule has 0 atom stereocenters. The molecule has 0 saturated carbocycles. The predicted octanol–water partition coefficient (Wildman–Crippen LogP) is 16.6. The Labute approximate surface area is 382 Å². The van der Waals surface area contributed by atoms with Crippen LogP contribution < -0.4 is 0 Å². The highest BCUT2D eigenvalue weighted by atomic mass is 15.0. The SMILES string of the molecule is [C-]#[N+]c1cc(C#N)c(-n2c3ccc(-c4ccccc4)cc3c3cc(-c4ccccc4)ccc32)c(-c2ccccc2)c1-n1c2ccc(-c3ccccc3)cc2c2cc(-c3ccccc3)ccc21. The van der Waals surface area contributed by atoms with Crippen molar-refractivity contribution >= 4 is 49.3 Å². The minimum Gasteiger partial charge on any atom is -0.318 e. The first-order valence-electron chi connectivity index (χ1n) is 22.1. The van der Waals surface area contributed by atoms with E-state index in [-0.39, 0.29) is 0 Å². The molecule has 12 aromatic rings. The molecule has 2 aromatic heterocycles. The van der Waals surface area contributed by atoms with Crippen molar-refractivity contribution in [1.82, 2.24) is 9.13 Å². The van der Waals surface area contributed by atoms with E-state index in [9.17, 15) is 5.26 Å². The molecular weight excluding hydrogens is 801 g/mol. The summed E-state index contributed by atoms with van der Waals surface area (Å²) in [6.45, 7) is 8.84. The van der Waals surface area contributed by atoms with Gasteiger partial charge in [0.1, 0.15) is 6.07 Å². The summed E-state index contributed by atoms with van der Waals surface area (Å²) < 4.78 is 4.53. The molecule has 10 aromatic carbocycles.